The second kappa shape index (κ2) is 5.94. The molecule has 4 nitrogen and oxygen atoms in total. The molecule has 0 fully saturated rings. The molecular weight excluding hydrogens is 227 g/mol. The van der Waals surface area contributed by atoms with Gasteiger partial charge in [-0.3, -0.25) is 4.57 Å². The molecule has 0 heterocycles. The topological polar surface area (TPSA) is 52.6 Å². The van der Waals surface area contributed by atoms with Gasteiger partial charge in [0.15, 0.2) is 0 Å². The summed E-state index contributed by atoms with van der Waals surface area (Å²) in [6.07, 6.45) is 0.976. The van der Waals surface area contributed by atoms with E-state index in [1.54, 1.807) is 0 Å². The fraction of sp³-hybridized carbons (Fsp3) is 0.364. The predicted octanol–water partition coefficient (Wildman–Crippen LogP) is 2.28. The Hall–Kier alpha value is -0.960. The number of benzene rings is 1. The maximum absolute atomic E-state index is 12.0. The smallest absolute Gasteiger partial charge is 0.311 e. The molecule has 0 amide bonds. The maximum Gasteiger partial charge on any atom is 0.340 e. The van der Waals surface area contributed by atoms with Crippen LogP contribution >= 0.6 is 7.60 Å². The normalized spacial score (nSPS) is 13.4. The van der Waals surface area contributed by atoms with Crippen LogP contribution in [0.15, 0.2) is 30.3 Å². The number of aldehydes is 1. The molecule has 0 unspecified atom stereocenters. The zero-order valence-corrected chi connectivity index (χ0v) is 10.2. The van der Waals surface area contributed by atoms with E-state index in [1.165, 1.54) is 14.2 Å². The standard InChI is InChI=1S/C11H15O4P/c1-14-16(13,15-2)11(9-12)8-10-6-4-3-5-7-10/h3-7,9,11H,8H2,1-2H3/t11-/m0/s1. The van der Waals surface area contributed by atoms with Crippen LogP contribution in [0.1, 0.15) is 5.56 Å². The van der Waals surface area contributed by atoms with E-state index in [-0.39, 0.29) is 0 Å². The summed E-state index contributed by atoms with van der Waals surface area (Å²) in [5.41, 5.74) is 0.166. The predicted molar refractivity (Wildman–Crippen MR) is 61.6 cm³/mol. The molecule has 1 atom stereocenters. The molecular formula is C11H15O4P. The van der Waals surface area contributed by atoms with E-state index < -0.39 is 13.3 Å². The third-order valence-electron chi connectivity index (χ3n) is 2.36. The van der Waals surface area contributed by atoms with Gasteiger partial charge in [-0.25, -0.2) is 0 Å². The molecule has 0 bridgehead atoms. The molecule has 0 N–H and O–H groups in total. The summed E-state index contributed by atoms with van der Waals surface area (Å²) in [6, 6.07) is 9.34. The Morgan fingerprint density at radius 3 is 2.25 bits per heavy atom. The van der Waals surface area contributed by atoms with Gasteiger partial charge in [0.25, 0.3) is 0 Å². The van der Waals surface area contributed by atoms with Crippen molar-refractivity contribution in [2.75, 3.05) is 14.2 Å². The van der Waals surface area contributed by atoms with Crippen molar-refractivity contribution in [3.63, 3.8) is 0 Å². The summed E-state index contributed by atoms with van der Waals surface area (Å²) < 4.78 is 21.6. The molecule has 88 valence electrons. The molecule has 0 aromatic heterocycles. The summed E-state index contributed by atoms with van der Waals surface area (Å²) >= 11 is 0. The SMILES string of the molecule is COP(=O)(OC)[C@H](C=O)Cc1ccccc1. The fourth-order valence-electron chi connectivity index (χ4n) is 1.44. The average molecular weight is 242 g/mol. The Labute approximate surface area is 95.1 Å². The van der Waals surface area contributed by atoms with Crippen LogP contribution in [-0.2, 0) is 24.8 Å². The Kier molecular flexibility index (Phi) is 4.87. The molecule has 1 aromatic carbocycles. The van der Waals surface area contributed by atoms with Crippen LogP contribution in [0.4, 0.5) is 0 Å². The molecule has 0 saturated carbocycles. The molecule has 0 aliphatic carbocycles. The fourth-order valence-corrected chi connectivity index (χ4v) is 2.71. The largest absolute Gasteiger partial charge is 0.340 e. The van der Waals surface area contributed by atoms with Crippen LogP contribution in [0.2, 0.25) is 0 Å². The first kappa shape index (κ1) is 13.1. The highest BCUT2D eigenvalue weighted by Gasteiger charge is 2.33. The molecule has 16 heavy (non-hydrogen) atoms. The lowest BCUT2D eigenvalue weighted by molar-refractivity contribution is -0.107. The summed E-state index contributed by atoms with van der Waals surface area (Å²) in [7, 11) is -0.758. The van der Waals surface area contributed by atoms with Crippen molar-refractivity contribution in [2.45, 2.75) is 12.1 Å². The van der Waals surface area contributed by atoms with Gasteiger partial charge < -0.3 is 13.8 Å². The van der Waals surface area contributed by atoms with E-state index in [2.05, 4.69) is 0 Å². The Bertz CT molecular complexity index is 369. The molecule has 0 spiro atoms. The van der Waals surface area contributed by atoms with Gasteiger partial charge in [0.1, 0.15) is 11.9 Å². The lowest BCUT2D eigenvalue weighted by Crippen LogP contribution is -2.16. The van der Waals surface area contributed by atoms with E-state index in [0.29, 0.717) is 12.7 Å². The third-order valence-corrected chi connectivity index (χ3v) is 4.49. The number of hydrogen-bond donors (Lipinski definition) is 0. The number of hydrogen-bond acceptors (Lipinski definition) is 4. The maximum atomic E-state index is 12.0. The van der Waals surface area contributed by atoms with Gasteiger partial charge in [0.2, 0.25) is 0 Å². The summed E-state index contributed by atoms with van der Waals surface area (Å²) in [5, 5.41) is 0. The molecule has 0 radical (unpaired) electrons. The summed E-state index contributed by atoms with van der Waals surface area (Å²) in [4.78, 5) is 10.9. The van der Waals surface area contributed by atoms with Crippen LogP contribution in [-0.4, -0.2) is 26.2 Å². The minimum absolute atomic E-state index is 0.350. The molecule has 0 saturated heterocycles. The van der Waals surface area contributed by atoms with Gasteiger partial charge in [-0.15, -0.1) is 0 Å². The minimum Gasteiger partial charge on any atom is -0.311 e. The molecule has 5 heteroatoms. The van der Waals surface area contributed by atoms with Crippen LogP contribution in [0, 0.1) is 0 Å². The lowest BCUT2D eigenvalue weighted by Gasteiger charge is -2.19. The highest BCUT2D eigenvalue weighted by molar-refractivity contribution is 7.55. The van der Waals surface area contributed by atoms with E-state index in [9.17, 15) is 9.36 Å². The zero-order chi connectivity index (χ0) is 12.0. The van der Waals surface area contributed by atoms with Gasteiger partial charge >= 0.3 is 7.60 Å². The van der Waals surface area contributed by atoms with Crippen molar-refractivity contribution in [3.05, 3.63) is 35.9 Å². The number of carbonyl (C=O) groups is 1. The van der Waals surface area contributed by atoms with E-state index >= 15 is 0 Å². The van der Waals surface area contributed by atoms with Crippen molar-refractivity contribution < 1.29 is 18.4 Å². The van der Waals surface area contributed by atoms with Gasteiger partial charge in [-0.1, -0.05) is 30.3 Å². The highest BCUT2D eigenvalue weighted by atomic mass is 31.2. The Balaban J connectivity index is 2.84. The Morgan fingerprint density at radius 1 is 1.25 bits per heavy atom. The van der Waals surface area contributed by atoms with Crippen molar-refractivity contribution in [3.8, 4) is 0 Å². The Morgan fingerprint density at radius 2 is 1.81 bits per heavy atom. The first-order valence-electron chi connectivity index (χ1n) is 4.86. The minimum atomic E-state index is -3.32. The van der Waals surface area contributed by atoms with Crippen molar-refractivity contribution in [1.29, 1.82) is 0 Å². The second-order valence-corrected chi connectivity index (χ2v) is 5.77. The first-order chi connectivity index (χ1) is 7.66. The third kappa shape index (κ3) is 3.01. The van der Waals surface area contributed by atoms with Crippen LogP contribution < -0.4 is 0 Å². The van der Waals surface area contributed by atoms with Crippen molar-refractivity contribution in [2.24, 2.45) is 0 Å². The lowest BCUT2D eigenvalue weighted by atomic mass is 10.1. The van der Waals surface area contributed by atoms with E-state index in [0.717, 1.165) is 5.56 Å². The second-order valence-electron chi connectivity index (χ2n) is 3.30. The number of carbonyl (C=O) groups excluding carboxylic acids is 1. The van der Waals surface area contributed by atoms with E-state index in [4.69, 9.17) is 9.05 Å². The number of rotatable bonds is 6. The van der Waals surface area contributed by atoms with Crippen molar-refractivity contribution >= 4 is 13.9 Å². The van der Waals surface area contributed by atoms with Gasteiger partial charge in [-0.2, -0.15) is 0 Å². The van der Waals surface area contributed by atoms with Gasteiger partial charge in [0.05, 0.1) is 0 Å². The zero-order valence-electron chi connectivity index (χ0n) is 9.33. The van der Waals surface area contributed by atoms with E-state index in [1.807, 2.05) is 30.3 Å². The van der Waals surface area contributed by atoms with Crippen LogP contribution in [0.5, 0.6) is 0 Å². The highest BCUT2D eigenvalue weighted by Crippen LogP contribution is 2.51. The monoisotopic (exact) mass is 242 g/mol. The quantitative estimate of drug-likeness (QED) is 0.567. The summed E-state index contributed by atoms with van der Waals surface area (Å²) in [6.45, 7) is 0. The van der Waals surface area contributed by atoms with Gasteiger partial charge in [0, 0.05) is 14.2 Å². The molecule has 0 aliphatic rings. The van der Waals surface area contributed by atoms with Crippen LogP contribution in [0.3, 0.4) is 0 Å². The first-order valence-corrected chi connectivity index (χ1v) is 6.48. The summed E-state index contributed by atoms with van der Waals surface area (Å²) in [5.74, 6) is 0. The van der Waals surface area contributed by atoms with Crippen LogP contribution in [0.25, 0.3) is 0 Å². The molecule has 0 aliphatic heterocycles. The van der Waals surface area contributed by atoms with Crippen molar-refractivity contribution in [1.82, 2.24) is 0 Å². The van der Waals surface area contributed by atoms with Gasteiger partial charge in [-0.05, 0) is 12.0 Å². The average Bonchev–Trinajstić information content (AvgIpc) is 2.36. The molecule has 1 rings (SSSR count). The molecule has 1 aromatic rings.